The van der Waals surface area contributed by atoms with Gasteiger partial charge in [0.25, 0.3) is 5.56 Å². The topological polar surface area (TPSA) is 52.2 Å². The largest absolute Gasteiger partial charge is 0.369 e. The summed E-state index contributed by atoms with van der Waals surface area (Å²) in [5.74, 6) is 0.513. The maximum absolute atomic E-state index is 13.1. The van der Waals surface area contributed by atoms with E-state index in [9.17, 15) is 9.18 Å². The van der Waals surface area contributed by atoms with Gasteiger partial charge in [-0.25, -0.2) is 9.37 Å². The lowest BCUT2D eigenvalue weighted by molar-refractivity contribution is 0.192. The monoisotopic (exact) mass is 386 g/mol. The van der Waals surface area contributed by atoms with Crippen LogP contribution in [0.3, 0.4) is 0 Å². The average molecular weight is 386 g/mol. The number of aromatic nitrogens is 2. The van der Waals surface area contributed by atoms with Gasteiger partial charge in [-0.05, 0) is 50.6 Å². The van der Waals surface area contributed by atoms with Crippen molar-refractivity contribution >= 4 is 27.2 Å². The summed E-state index contributed by atoms with van der Waals surface area (Å²) in [6.07, 6.45) is 0. The molecular weight excluding hydrogens is 363 g/mol. The highest BCUT2D eigenvalue weighted by Gasteiger charge is 2.24. The van der Waals surface area contributed by atoms with Crippen molar-refractivity contribution < 1.29 is 4.39 Å². The van der Waals surface area contributed by atoms with Crippen LogP contribution < -0.4 is 10.5 Å². The molecule has 5 nitrogen and oxygen atoms in total. The van der Waals surface area contributed by atoms with Crippen LogP contribution in [0.5, 0.6) is 0 Å². The molecule has 1 N–H and O–H groups in total. The lowest BCUT2D eigenvalue weighted by Crippen LogP contribution is -2.47. The Morgan fingerprint density at radius 2 is 1.81 bits per heavy atom. The van der Waals surface area contributed by atoms with Gasteiger partial charge in [-0.1, -0.05) is 0 Å². The van der Waals surface area contributed by atoms with E-state index in [0.717, 1.165) is 58.3 Å². The maximum atomic E-state index is 13.1. The van der Waals surface area contributed by atoms with E-state index in [-0.39, 0.29) is 17.4 Å². The van der Waals surface area contributed by atoms with E-state index in [1.165, 1.54) is 12.1 Å². The van der Waals surface area contributed by atoms with E-state index in [1.807, 2.05) is 26.0 Å². The molecule has 1 aromatic carbocycles. The molecule has 1 fully saturated rings. The van der Waals surface area contributed by atoms with Gasteiger partial charge in [0.05, 0.1) is 11.4 Å². The first kappa shape index (κ1) is 18.1. The number of thiophene rings is 1. The fourth-order valence-electron chi connectivity index (χ4n) is 3.66. The van der Waals surface area contributed by atoms with Crippen molar-refractivity contribution in [3.63, 3.8) is 0 Å². The second kappa shape index (κ2) is 7.05. The third-order valence-corrected chi connectivity index (χ3v) is 6.61. The molecule has 142 valence electrons. The predicted octanol–water partition coefficient (Wildman–Crippen LogP) is 3.62. The molecule has 1 aliphatic heterocycles. The van der Waals surface area contributed by atoms with Gasteiger partial charge in [0.15, 0.2) is 0 Å². The van der Waals surface area contributed by atoms with Crippen molar-refractivity contribution in [3.8, 4) is 0 Å². The Bertz CT molecular complexity index is 1020. The first-order chi connectivity index (χ1) is 12.9. The second-order valence-electron chi connectivity index (χ2n) is 7.09. The van der Waals surface area contributed by atoms with Crippen molar-refractivity contribution in [2.75, 3.05) is 31.1 Å². The molecule has 0 amide bonds. The minimum absolute atomic E-state index is 0.0418. The predicted molar refractivity (Wildman–Crippen MR) is 108 cm³/mol. The minimum Gasteiger partial charge on any atom is -0.369 e. The lowest BCUT2D eigenvalue weighted by Gasteiger charge is -2.38. The van der Waals surface area contributed by atoms with Crippen LogP contribution in [0, 0.1) is 19.7 Å². The molecule has 0 bridgehead atoms. The number of nitrogens with one attached hydrogen (secondary N) is 1. The van der Waals surface area contributed by atoms with E-state index in [0.29, 0.717) is 0 Å². The normalized spacial score (nSPS) is 16.8. The van der Waals surface area contributed by atoms with E-state index in [4.69, 9.17) is 4.98 Å². The highest BCUT2D eigenvalue weighted by Crippen LogP contribution is 2.28. The molecule has 0 radical (unpaired) electrons. The van der Waals surface area contributed by atoms with Crippen molar-refractivity contribution in [2.45, 2.75) is 26.8 Å². The number of anilines is 1. The van der Waals surface area contributed by atoms with Gasteiger partial charge in [-0.15, -0.1) is 11.3 Å². The molecule has 3 aromatic rings. The molecule has 27 heavy (non-hydrogen) atoms. The molecule has 4 rings (SSSR count). The Morgan fingerprint density at radius 3 is 2.48 bits per heavy atom. The van der Waals surface area contributed by atoms with Crippen LogP contribution in [0.4, 0.5) is 10.1 Å². The molecule has 0 aliphatic carbocycles. The summed E-state index contributed by atoms with van der Waals surface area (Å²) in [6.45, 7) is 9.54. The summed E-state index contributed by atoms with van der Waals surface area (Å²) >= 11 is 1.58. The molecule has 2 aromatic heterocycles. The fourth-order valence-corrected chi connectivity index (χ4v) is 4.70. The number of H-pyrrole nitrogens is 1. The van der Waals surface area contributed by atoms with Gasteiger partial charge < -0.3 is 9.88 Å². The minimum atomic E-state index is -0.213. The summed E-state index contributed by atoms with van der Waals surface area (Å²) in [6, 6.07) is 6.68. The zero-order chi connectivity index (χ0) is 19.1. The lowest BCUT2D eigenvalue weighted by atomic mass is 10.2. The molecule has 1 unspecified atom stereocenters. The number of aryl methyl sites for hydroxylation is 2. The third-order valence-electron chi connectivity index (χ3n) is 5.51. The highest BCUT2D eigenvalue weighted by atomic mass is 32.1. The molecule has 0 spiro atoms. The van der Waals surface area contributed by atoms with Gasteiger partial charge >= 0.3 is 0 Å². The van der Waals surface area contributed by atoms with Crippen LogP contribution in [-0.2, 0) is 0 Å². The summed E-state index contributed by atoms with van der Waals surface area (Å²) < 4.78 is 13.1. The van der Waals surface area contributed by atoms with Crippen molar-refractivity contribution in [1.82, 2.24) is 14.9 Å². The van der Waals surface area contributed by atoms with Crippen LogP contribution in [0.25, 0.3) is 10.2 Å². The van der Waals surface area contributed by atoms with E-state index >= 15 is 0 Å². The number of hydrogen-bond donors (Lipinski definition) is 1. The molecule has 1 aliphatic rings. The highest BCUT2D eigenvalue weighted by molar-refractivity contribution is 7.18. The second-order valence-corrected chi connectivity index (χ2v) is 8.29. The Labute approximate surface area is 161 Å². The average Bonchev–Trinajstić information content (AvgIpc) is 2.96. The maximum Gasteiger partial charge on any atom is 0.259 e. The summed E-state index contributed by atoms with van der Waals surface area (Å²) in [5, 5.41) is 0.717. The number of aromatic amines is 1. The summed E-state index contributed by atoms with van der Waals surface area (Å²) in [7, 11) is 0. The molecule has 7 heteroatoms. The standard InChI is InChI=1S/C20H23FN4OS/c1-12-14(3)27-20-17(12)19(26)22-18(23-20)13(2)24-8-10-25(11-9-24)16-6-4-15(21)5-7-16/h4-7,13H,8-11H2,1-3H3,(H,22,23,26). The molecule has 1 saturated heterocycles. The van der Waals surface area contributed by atoms with Crippen molar-refractivity contribution in [1.29, 1.82) is 0 Å². The van der Waals surface area contributed by atoms with E-state index < -0.39 is 0 Å². The summed E-state index contributed by atoms with van der Waals surface area (Å²) in [4.78, 5) is 26.8. The molecular formula is C20H23FN4OS. The van der Waals surface area contributed by atoms with Crippen LogP contribution in [0.2, 0.25) is 0 Å². The van der Waals surface area contributed by atoms with Crippen molar-refractivity contribution in [3.05, 3.63) is 56.7 Å². The van der Waals surface area contributed by atoms with Crippen LogP contribution >= 0.6 is 11.3 Å². The first-order valence-electron chi connectivity index (χ1n) is 9.18. The van der Waals surface area contributed by atoms with Crippen LogP contribution in [0.1, 0.15) is 29.2 Å². The zero-order valence-electron chi connectivity index (χ0n) is 15.8. The van der Waals surface area contributed by atoms with Gasteiger partial charge in [0.2, 0.25) is 0 Å². The fraction of sp³-hybridized carbons (Fsp3) is 0.400. The number of rotatable bonds is 3. The van der Waals surface area contributed by atoms with Gasteiger partial charge in [0, 0.05) is 36.7 Å². The molecule has 1 atom stereocenters. The number of nitrogens with zero attached hydrogens (tertiary/aromatic N) is 3. The van der Waals surface area contributed by atoms with Gasteiger partial charge in [-0.3, -0.25) is 9.69 Å². The Kier molecular flexibility index (Phi) is 4.74. The SMILES string of the molecule is Cc1sc2nc(C(C)N3CCN(c4ccc(F)cc4)CC3)[nH]c(=O)c2c1C. The number of hydrogen-bond acceptors (Lipinski definition) is 5. The van der Waals surface area contributed by atoms with Crippen LogP contribution in [0.15, 0.2) is 29.1 Å². The number of fused-ring (bicyclic) bond motifs is 1. The third kappa shape index (κ3) is 3.37. The first-order valence-corrected chi connectivity index (χ1v) is 10.00. The number of benzene rings is 1. The van der Waals surface area contributed by atoms with Gasteiger partial charge in [-0.2, -0.15) is 0 Å². The molecule has 3 heterocycles. The molecule has 0 saturated carbocycles. The number of piperazine rings is 1. The number of halogens is 1. The quantitative estimate of drug-likeness (QED) is 0.747. The smallest absolute Gasteiger partial charge is 0.259 e. The van der Waals surface area contributed by atoms with E-state index in [2.05, 4.69) is 21.7 Å². The van der Waals surface area contributed by atoms with E-state index in [1.54, 1.807) is 11.3 Å². The Balaban J connectivity index is 1.51. The van der Waals surface area contributed by atoms with Crippen molar-refractivity contribution in [2.24, 2.45) is 0 Å². The summed E-state index contributed by atoms with van der Waals surface area (Å²) in [5.41, 5.74) is 2.02. The zero-order valence-corrected chi connectivity index (χ0v) is 16.6. The van der Waals surface area contributed by atoms with Gasteiger partial charge in [0.1, 0.15) is 16.5 Å². The Hall–Kier alpha value is -2.25. The Morgan fingerprint density at radius 1 is 1.15 bits per heavy atom. The van der Waals surface area contributed by atoms with Crippen LogP contribution in [-0.4, -0.2) is 41.0 Å².